The lowest BCUT2D eigenvalue weighted by atomic mass is 10.2. The Kier molecular flexibility index (Phi) is 9.00. The molecular formula is C16H24O5S. The second kappa shape index (κ2) is 10.5. The van der Waals surface area contributed by atoms with Crippen LogP contribution in [0.1, 0.15) is 19.8 Å². The summed E-state index contributed by atoms with van der Waals surface area (Å²) in [5.74, 6) is 0. The Morgan fingerprint density at radius 1 is 1.18 bits per heavy atom. The highest BCUT2D eigenvalue weighted by molar-refractivity contribution is 7.94. The van der Waals surface area contributed by atoms with Crippen LogP contribution in [0.4, 0.5) is 0 Å². The van der Waals surface area contributed by atoms with Gasteiger partial charge < -0.3 is 14.2 Å². The van der Waals surface area contributed by atoms with Gasteiger partial charge in [-0.1, -0.05) is 31.5 Å². The zero-order valence-electron chi connectivity index (χ0n) is 13.1. The lowest BCUT2D eigenvalue weighted by Gasteiger charge is -2.13. The first-order valence-electron chi connectivity index (χ1n) is 7.26. The Balaban J connectivity index is 2.57. The number of ether oxygens (including phenoxy) is 3. The largest absolute Gasteiger partial charge is 0.382 e. The molecule has 1 aromatic carbocycles. The van der Waals surface area contributed by atoms with Gasteiger partial charge in [-0.05, 0) is 24.6 Å². The first-order valence-corrected chi connectivity index (χ1v) is 8.81. The van der Waals surface area contributed by atoms with Gasteiger partial charge in [0.25, 0.3) is 0 Å². The van der Waals surface area contributed by atoms with E-state index in [2.05, 4.69) is 0 Å². The molecule has 0 heterocycles. The van der Waals surface area contributed by atoms with Gasteiger partial charge in [0.2, 0.25) is 0 Å². The van der Waals surface area contributed by atoms with Gasteiger partial charge in [-0.25, -0.2) is 8.42 Å². The molecule has 0 bridgehead atoms. The monoisotopic (exact) mass is 328 g/mol. The van der Waals surface area contributed by atoms with Crippen molar-refractivity contribution in [3.63, 3.8) is 0 Å². The molecule has 0 amide bonds. The van der Waals surface area contributed by atoms with Crippen molar-refractivity contribution in [2.75, 3.05) is 27.1 Å². The van der Waals surface area contributed by atoms with Gasteiger partial charge >= 0.3 is 0 Å². The van der Waals surface area contributed by atoms with E-state index >= 15 is 0 Å². The summed E-state index contributed by atoms with van der Waals surface area (Å²) >= 11 is 0. The van der Waals surface area contributed by atoms with Crippen molar-refractivity contribution < 1.29 is 22.6 Å². The van der Waals surface area contributed by atoms with E-state index in [1.54, 1.807) is 43.5 Å². The van der Waals surface area contributed by atoms with Crippen LogP contribution in [-0.2, 0) is 24.0 Å². The second-order valence-electron chi connectivity index (χ2n) is 4.70. The minimum atomic E-state index is -3.43. The van der Waals surface area contributed by atoms with Gasteiger partial charge in [0.15, 0.2) is 9.84 Å². The fourth-order valence-electron chi connectivity index (χ4n) is 1.74. The lowest BCUT2D eigenvalue weighted by molar-refractivity contribution is -0.0863. The summed E-state index contributed by atoms with van der Waals surface area (Å²) in [5.41, 5.74) is 0. The number of sulfone groups is 1. The topological polar surface area (TPSA) is 61.8 Å². The Hall–Kier alpha value is -1.21. The maximum Gasteiger partial charge on any atom is 0.199 e. The molecule has 0 saturated heterocycles. The average Bonchev–Trinajstić information content (AvgIpc) is 2.53. The molecule has 1 aromatic rings. The van der Waals surface area contributed by atoms with Crippen LogP contribution in [0.2, 0.25) is 0 Å². The third-order valence-corrected chi connectivity index (χ3v) is 4.36. The molecule has 1 atom stereocenters. The highest BCUT2D eigenvalue weighted by Gasteiger charge is 2.11. The fraction of sp³-hybridized carbons (Fsp3) is 0.500. The Labute approximate surface area is 132 Å². The van der Waals surface area contributed by atoms with E-state index in [0.717, 1.165) is 12.8 Å². The van der Waals surface area contributed by atoms with E-state index in [0.29, 0.717) is 13.2 Å². The molecule has 0 radical (unpaired) electrons. The molecule has 0 spiro atoms. The highest BCUT2D eigenvalue weighted by Crippen LogP contribution is 2.13. The van der Waals surface area contributed by atoms with Crippen LogP contribution in [0.25, 0.3) is 0 Å². The van der Waals surface area contributed by atoms with E-state index in [-0.39, 0.29) is 17.8 Å². The maximum atomic E-state index is 12.2. The molecule has 0 saturated carbocycles. The molecule has 0 fully saturated rings. The summed E-state index contributed by atoms with van der Waals surface area (Å²) in [7, 11) is -1.84. The van der Waals surface area contributed by atoms with Crippen molar-refractivity contribution in [2.24, 2.45) is 0 Å². The standard InChI is InChI=1S/C16H24O5S/c1-3-7-15(21-14-20-12-11-19-2)10-13-22(17,18)16-8-5-4-6-9-16/h4-6,8-10,13,15H,3,7,11-12,14H2,1-2H3/b13-10+/t15-/m0/s1. The molecule has 22 heavy (non-hydrogen) atoms. The van der Waals surface area contributed by atoms with Crippen LogP contribution in [-0.4, -0.2) is 41.6 Å². The Morgan fingerprint density at radius 2 is 1.91 bits per heavy atom. The Morgan fingerprint density at radius 3 is 2.55 bits per heavy atom. The van der Waals surface area contributed by atoms with Crippen molar-refractivity contribution in [3.8, 4) is 0 Å². The SMILES string of the molecule is CCC[C@@H](/C=C/S(=O)(=O)c1ccccc1)OCOCCOC. The molecule has 6 heteroatoms. The molecule has 0 aliphatic rings. The van der Waals surface area contributed by atoms with Gasteiger partial charge in [-0.15, -0.1) is 0 Å². The number of hydrogen-bond acceptors (Lipinski definition) is 5. The fourth-order valence-corrected chi connectivity index (χ4v) is 2.81. The molecule has 1 rings (SSSR count). The highest BCUT2D eigenvalue weighted by atomic mass is 32.2. The number of methoxy groups -OCH3 is 1. The average molecular weight is 328 g/mol. The zero-order chi connectivity index (χ0) is 16.3. The predicted octanol–water partition coefficient (Wildman–Crippen LogP) is 2.78. The third-order valence-electron chi connectivity index (χ3n) is 2.91. The van der Waals surface area contributed by atoms with Crippen molar-refractivity contribution in [1.82, 2.24) is 0 Å². The lowest BCUT2D eigenvalue weighted by Crippen LogP contribution is -2.14. The zero-order valence-corrected chi connectivity index (χ0v) is 13.9. The molecule has 5 nitrogen and oxygen atoms in total. The van der Waals surface area contributed by atoms with Gasteiger partial charge in [-0.3, -0.25) is 0 Å². The molecule has 0 aliphatic carbocycles. The first kappa shape index (κ1) is 18.8. The van der Waals surface area contributed by atoms with Crippen LogP contribution >= 0.6 is 0 Å². The van der Waals surface area contributed by atoms with E-state index in [1.807, 2.05) is 6.92 Å². The van der Waals surface area contributed by atoms with Crippen LogP contribution < -0.4 is 0 Å². The van der Waals surface area contributed by atoms with Crippen LogP contribution in [0.15, 0.2) is 46.7 Å². The van der Waals surface area contributed by atoms with E-state index in [1.165, 1.54) is 5.41 Å². The number of benzene rings is 1. The van der Waals surface area contributed by atoms with Gasteiger partial charge in [0.1, 0.15) is 6.79 Å². The molecule has 124 valence electrons. The summed E-state index contributed by atoms with van der Waals surface area (Å²) in [4.78, 5) is 0.276. The van der Waals surface area contributed by atoms with Gasteiger partial charge in [0.05, 0.1) is 24.2 Å². The van der Waals surface area contributed by atoms with Crippen molar-refractivity contribution in [2.45, 2.75) is 30.8 Å². The first-order chi connectivity index (χ1) is 10.6. The summed E-state index contributed by atoms with van der Waals surface area (Å²) in [6.07, 6.45) is 2.91. The van der Waals surface area contributed by atoms with Gasteiger partial charge in [-0.2, -0.15) is 0 Å². The van der Waals surface area contributed by atoms with Crippen molar-refractivity contribution >= 4 is 9.84 Å². The normalized spacial score (nSPS) is 13.5. The summed E-state index contributed by atoms with van der Waals surface area (Å²) < 4.78 is 40.0. The molecule has 0 unspecified atom stereocenters. The molecule has 0 aromatic heterocycles. The summed E-state index contributed by atoms with van der Waals surface area (Å²) in [6, 6.07) is 8.32. The quantitative estimate of drug-likeness (QED) is 0.462. The van der Waals surface area contributed by atoms with Crippen LogP contribution in [0, 0.1) is 0 Å². The molecule has 0 aliphatic heterocycles. The van der Waals surface area contributed by atoms with Crippen molar-refractivity contribution in [1.29, 1.82) is 0 Å². The third kappa shape index (κ3) is 7.17. The smallest absolute Gasteiger partial charge is 0.199 e. The van der Waals surface area contributed by atoms with Crippen molar-refractivity contribution in [3.05, 3.63) is 41.8 Å². The van der Waals surface area contributed by atoms with Gasteiger partial charge in [0, 0.05) is 12.5 Å². The van der Waals surface area contributed by atoms with Crippen LogP contribution in [0.3, 0.4) is 0 Å². The molecule has 0 N–H and O–H groups in total. The maximum absolute atomic E-state index is 12.2. The minimum Gasteiger partial charge on any atom is -0.382 e. The Bertz CT molecular complexity index is 525. The summed E-state index contributed by atoms with van der Waals surface area (Å²) in [5, 5.41) is 1.21. The van der Waals surface area contributed by atoms with E-state index in [4.69, 9.17) is 14.2 Å². The number of rotatable bonds is 11. The molecular weight excluding hydrogens is 304 g/mol. The number of hydrogen-bond donors (Lipinski definition) is 0. The van der Waals surface area contributed by atoms with Crippen LogP contribution in [0.5, 0.6) is 0 Å². The van der Waals surface area contributed by atoms with E-state index < -0.39 is 9.84 Å². The summed E-state index contributed by atoms with van der Waals surface area (Å²) in [6.45, 7) is 3.08. The van der Waals surface area contributed by atoms with E-state index in [9.17, 15) is 8.42 Å². The second-order valence-corrected chi connectivity index (χ2v) is 6.53. The predicted molar refractivity (Wildman–Crippen MR) is 85.2 cm³/mol. The minimum absolute atomic E-state index is 0.115.